The second kappa shape index (κ2) is 4.89. The third-order valence-electron chi connectivity index (χ3n) is 3.62. The van der Waals surface area contributed by atoms with Crippen molar-refractivity contribution in [2.45, 2.75) is 31.2 Å². The minimum Gasteiger partial charge on any atom is -0.337 e. The number of halogens is 3. The molecule has 0 spiro atoms. The summed E-state index contributed by atoms with van der Waals surface area (Å²) in [5, 5.41) is 3.82. The lowest BCUT2D eigenvalue weighted by molar-refractivity contribution is 0.285. The van der Waals surface area contributed by atoms with Crippen LogP contribution in [0.25, 0.3) is 11.4 Å². The number of nitrogens with two attached hydrogens (primary N) is 1. The Balaban J connectivity index is 2.00. The van der Waals surface area contributed by atoms with Crippen molar-refractivity contribution in [2.24, 2.45) is 5.73 Å². The Bertz CT molecular complexity index is 653. The Morgan fingerprint density at radius 1 is 1.25 bits per heavy atom. The van der Waals surface area contributed by atoms with Crippen LogP contribution in [0.5, 0.6) is 0 Å². The molecule has 7 heteroatoms. The molecule has 1 heterocycles. The van der Waals surface area contributed by atoms with Crippen molar-refractivity contribution in [3.8, 4) is 11.4 Å². The molecule has 0 unspecified atom stereocenters. The van der Waals surface area contributed by atoms with Crippen molar-refractivity contribution >= 4 is 15.9 Å². The van der Waals surface area contributed by atoms with E-state index < -0.39 is 17.2 Å². The molecule has 1 aromatic carbocycles. The normalized spacial score (nSPS) is 17.6. The van der Waals surface area contributed by atoms with E-state index in [9.17, 15) is 8.78 Å². The van der Waals surface area contributed by atoms with Crippen LogP contribution in [0.2, 0.25) is 0 Å². The standard InChI is InChI=1S/C13H12BrF2N3O/c14-9-7(3-4-8(15)10(9)16)11-18-12(20-19-11)13(17)5-1-2-6-13/h3-4H,1-2,5-6,17H2. The van der Waals surface area contributed by atoms with Crippen molar-refractivity contribution < 1.29 is 13.3 Å². The molecule has 4 nitrogen and oxygen atoms in total. The molecule has 0 amide bonds. The highest BCUT2D eigenvalue weighted by Gasteiger charge is 2.37. The van der Waals surface area contributed by atoms with Gasteiger partial charge in [0.05, 0.1) is 10.0 Å². The van der Waals surface area contributed by atoms with E-state index >= 15 is 0 Å². The average Bonchev–Trinajstić information content (AvgIpc) is 3.06. The lowest BCUT2D eigenvalue weighted by atomic mass is 9.99. The molecular formula is C13H12BrF2N3O. The monoisotopic (exact) mass is 343 g/mol. The second-order valence-corrected chi connectivity index (χ2v) is 5.80. The fourth-order valence-electron chi connectivity index (χ4n) is 2.45. The van der Waals surface area contributed by atoms with Gasteiger partial charge >= 0.3 is 0 Å². The first kappa shape index (κ1) is 13.6. The predicted molar refractivity (Wildman–Crippen MR) is 71.7 cm³/mol. The van der Waals surface area contributed by atoms with Crippen LogP contribution >= 0.6 is 15.9 Å². The van der Waals surface area contributed by atoms with Gasteiger partial charge in [-0.15, -0.1) is 0 Å². The number of hydrogen-bond donors (Lipinski definition) is 1. The molecule has 106 valence electrons. The Morgan fingerprint density at radius 2 is 1.95 bits per heavy atom. The van der Waals surface area contributed by atoms with Gasteiger partial charge in [0, 0.05) is 5.56 Å². The van der Waals surface area contributed by atoms with Gasteiger partial charge in [-0.2, -0.15) is 4.98 Å². The van der Waals surface area contributed by atoms with Gasteiger partial charge in [0.25, 0.3) is 0 Å². The third-order valence-corrected chi connectivity index (χ3v) is 4.40. The van der Waals surface area contributed by atoms with Crippen molar-refractivity contribution in [3.05, 3.63) is 34.1 Å². The van der Waals surface area contributed by atoms with Gasteiger partial charge in [-0.25, -0.2) is 8.78 Å². The zero-order valence-electron chi connectivity index (χ0n) is 10.5. The van der Waals surface area contributed by atoms with Crippen molar-refractivity contribution in [1.29, 1.82) is 0 Å². The van der Waals surface area contributed by atoms with Crippen LogP contribution in [0.4, 0.5) is 8.78 Å². The molecule has 1 aliphatic rings. The molecule has 0 aliphatic heterocycles. The summed E-state index contributed by atoms with van der Waals surface area (Å²) in [6, 6.07) is 2.42. The van der Waals surface area contributed by atoms with Crippen LogP contribution in [0.1, 0.15) is 31.6 Å². The summed E-state index contributed by atoms with van der Waals surface area (Å²) in [5.74, 6) is -1.36. The van der Waals surface area contributed by atoms with Gasteiger partial charge in [0.15, 0.2) is 11.6 Å². The Hall–Kier alpha value is -1.34. The van der Waals surface area contributed by atoms with Crippen molar-refractivity contribution in [3.63, 3.8) is 0 Å². The van der Waals surface area contributed by atoms with Crippen LogP contribution in [0.15, 0.2) is 21.1 Å². The number of hydrogen-bond acceptors (Lipinski definition) is 4. The molecule has 1 saturated carbocycles. The highest BCUT2D eigenvalue weighted by molar-refractivity contribution is 9.10. The maximum Gasteiger partial charge on any atom is 0.247 e. The van der Waals surface area contributed by atoms with E-state index in [-0.39, 0.29) is 10.3 Å². The maximum absolute atomic E-state index is 13.5. The van der Waals surface area contributed by atoms with E-state index in [1.807, 2.05) is 0 Å². The van der Waals surface area contributed by atoms with Crippen molar-refractivity contribution in [2.75, 3.05) is 0 Å². The largest absolute Gasteiger partial charge is 0.337 e. The fourth-order valence-corrected chi connectivity index (χ4v) is 2.95. The maximum atomic E-state index is 13.5. The van der Waals surface area contributed by atoms with Crippen LogP contribution in [-0.2, 0) is 5.54 Å². The molecule has 0 saturated heterocycles. The lowest BCUT2D eigenvalue weighted by Crippen LogP contribution is -2.33. The lowest BCUT2D eigenvalue weighted by Gasteiger charge is -2.17. The second-order valence-electron chi connectivity index (χ2n) is 5.01. The number of nitrogens with zero attached hydrogens (tertiary/aromatic N) is 2. The summed E-state index contributed by atoms with van der Waals surface area (Å²) in [6.45, 7) is 0. The average molecular weight is 344 g/mol. The number of aromatic nitrogens is 2. The van der Waals surface area contributed by atoms with Gasteiger partial charge in [0.1, 0.15) is 0 Å². The van der Waals surface area contributed by atoms with Crippen LogP contribution in [0, 0.1) is 11.6 Å². The zero-order chi connectivity index (χ0) is 14.3. The first-order valence-electron chi connectivity index (χ1n) is 6.28. The Labute approximate surface area is 122 Å². The molecule has 0 radical (unpaired) electrons. The first-order chi connectivity index (χ1) is 9.51. The van der Waals surface area contributed by atoms with E-state index in [0.717, 1.165) is 31.7 Å². The summed E-state index contributed by atoms with van der Waals surface area (Å²) >= 11 is 3.01. The molecule has 0 bridgehead atoms. The van der Waals surface area contributed by atoms with Gasteiger partial charge in [-0.1, -0.05) is 18.0 Å². The highest BCUT2D eigenvalue weighted by atomic mass is 79.9. The van der Waals surface area contributed by atoms with Crippen LogP contribution in [-0.4, -0.2) is 10.1 Å². The molecule has 1 aliphatic carbocycles. The number of rotatable bonds is 2. The molecule has 1 aromatic heterocycles. The molecule has 3 rings (SSSR count). The van der Waals surface area contributed by atoms with Crippen LogP contribution < -0.4 is 5.73 Å². The van der Waals surface area contributed by atoms with E-state index in [4.69, 9.17) is 10.3 Å². The van der Waals surface area contributed by atoms with E-state index in [2.05, 4.69) is 26.1 Å². The minimum absolute atomic E-state index is 0.0256. The predicted octanol–water partition coefficient (Wildman–Crippen LogP) is 3.51. The summed E-state index contributed by atoms with van der Waals surface area (Å²) in [7, 11) is 0. The Kier molecular flexibility index (Phi) is 3.33. The van der Waals surface area contributed by atoms with Gasteiger partial charge in [-0.3, -0.25) is 0 Å². The highest BCUT2D eigenvalue weighted by Crippen LogP contribution is 2.37. The summed E-state index contributed by atoms with van der Waals surface area (Å²) in [5.41, 5.74) is 5.95. The molecule has 20 heavy (non-hydrogen) atoms. The fraction of sp³-hybridized carbons (Fsp3) is 0.385. The topological polar surface area (TPSA) is 64.9 Å². The van der Waals surface area contributed by atoms with Gasteiger partial charge < -0.3 is 10.3 Å². The van der Waals surface area contributed by atoms with E-state index in [0.29, 0.717) is 11.5 Å². The smallest absolute Gasteiger partial charge is 0.247 e. The van der Waals surface area contributed by atoms with Crippen molar-refractivity contribution in [1.82, 2.24) is 10.1 Å². The number of benzene rings is 1. The molecular weight excluding hydrogens is 332 g/mol. The summed E-state index contributed by atoms with van der Waals surface area (Å²) in [6.07, 6.45) is 3.60. The van der Waals surface area contributed by atoms with E-state index in [1.165, 1.54) is 6.07 Å². The summed E-state index contributed by atoms with van der Waals surface area (Å²) in [4.78, 5) is 4.24. The zero-order valence-corrected chi connectivity index (χ0v) is 12.1. The summed E-state index contributed by atoms with van der Waals surface area (Å²) < 4.78 is 31.8. The van der Waals surface area contributed by atoms with E-state index in [1.54, 1.807) is 0 Å². The molecule has 2 aromatic rings. The molecule has 1 fully saturated rings. The first-order valence-corrected chi connectivity index (χ1v) is 7.07. The van der Waals surface area contributed by atoms with Crippen LogP contribution in [0.3, 0.4) is 0 Å². The Morgan fingerprint density at radius 3 is 2.65 bits per heavy atom. The SMILES string of the molecule is NC1(c2nc(-c3ccc(F)c(F)c3Br)no2)CCCC1. The molecule has 0 atom stereocenters. The molecule has 2 N–H and O–H groups in total. The van der Waals surface area contributed by atoms with Gasteiger partial charge in [0.2, 0.25) is 11.7 Å². The quantitative estimate of drug-likeness (QED) is 0.847. The third kappa shape index (κ3) is 2.14. The minimum atomic E-state index is -0.975. The van der Waals surface area contributed by atoms with Gasteiger partial charge in [-0.05, 0) is 40.9 Å².